The zero-order chi connectivity index (χ0) is 29.9. The summed E-state index contributed by atoms with van der Waals surface area (Å²) in [5.41, 5.74) is 2.14. The molecular weight excluding hydrogens is 532 g/mol. The molecule has 2 N–H and O–H groups in total. The van der Waals surface area contributed by atoms with E-state index in [2.05, 4.69) is 15.6 Å². The van der Waals surface area contributed by atoms with Gasteiger partial charge in [-0.15, -0.1) is 0 Å². The predicted octanol–water partition coefficient (Wildman–Crippen LogP) is 5.74. The molecule has 0 radical (unpaired) electrons. The first-order valence-corrected chi connectivity index (χ1v) is 14.5. The van der Waals surface area contributed by atoms with Crippen molar-refractivity contribution in [2.45, 2.75) is 70.4 Å². The van der Waals surface area contributed by atoms with E-state index in [9.17, 15) is 14.4 Å². The Morgan fingerprint density at radius 3 is 2.38 bits per heavy atom. The Balaban J connectivity index is 1.66. The van der Waals surface area contributed by atoms with Crippen molar-refractivity contribution in [1.82, 2.24) is 10.3 Å². The van der Waals surface area contributed by atoms with Crippen LogP contribution in [0.4, 0.5) is 11.5 Å². The minimum Gasteiger partial charge on any atom is -0.497 e. The Kier molecular flexibility index (Phi) is 10.9. The molecule has 1 aliphatic rings. The van der Waals surface area contributed by atoms with Crippen molar-refractivity contribution in [3.8, 4) is 11.5 Å². The molecule has 3 amide bonds. The Morgan fingerprint density at radius 2 is 1.71 bits per heavy atom. The second kappa shape index (κ2) is 15.0. The number of pyridine rings is 1. The van der Waals surface area contributed by atoms with Gasteiger partial charge in [0.05, 0.1) is 19.9 Å². The third-order valence-corrected chi connectivity index (χ3v) is 7.49. The number of benzene rings is 2. The highest BCUT2D eigenvalue weighted by Crippen LogP contribution is 2.38. The number of hydrogen-bond donors (Lipinski definition) is 2. The van der Waals surface area contributed by atoms with Crippen LogP contribution in [0.3, 0.4) is 0 Å². The smallest absolute Gasteiger partial charge is 0.248 e. The number of aryl methyl sites for hydroxylation is 1. The lowest BCUT2D eigenvalue weighted by atomic mass is 9.94. The van der Waals surface area contributed by atoms with Crippen LogP contribution in [0.5, 0.6) is 11.5 Å². The second-order valence-corrected chi connectivity index (χ2v) is 10.6. The predicted molar refractivity (Wildman–Crippen MR) is 163 cm³/mol. The van der Waals surface area contributed by atoms with Crippen molar-refractivity contribution < 1.29 is 23.9 Å². The third-order valence-electron chi connectivity index (χ3n) is 7.49. The maximum Gasteiger partial charge on any atom is 0.248 e. The lowest BCUT2D eigenvalue weighted by molar-refractivity contribution is -0.127. The molecule has 1 saturated carbocycles. The number of nitrogens with zero attached hydrogens (tertiary/aromatic N) is 2. The number of aromatic nitrogens is 1. The average molecular weight is 573 g/mol. The molecule has 1 atom stereocenters. The molecule has 1 unspecified atom stereocenters. The molecule has 0 aliphatic heterocycles. The second-order valence-electron chi connectivity index (χ2n) is 10.6. The van der Waals surface area contributed by atoms with Crippen LogP contribution < -0.4 is 25.0 Å². The molecule has 1 aliphatic carbocycles. The highest BCUT2D eigenvalue weighted by molar-refractivity contribution is 6.03. The molecule has 222 valence electrons. The summed E-state index contributed by atoms with van der Waals surface area (Å²) in [6, 6.07) is 17.2. The quantitative estimate of drug-likeness (QED) is 0.287. The molecule has 42 heavy (non-hydrogen) atoms. The van der Waals surface area contributed by atoms with E-state index in [1.54, 1.807) is 49.7 Å². The molecule has 3 aromatic rings. The van der Waals surface area contributed by atoms with Crippen molar-refractivity contribution in [1.29, 1.82) is 0 Å². The van der Waals surface area contributed by atoms with E-state index in [0.717, 1.165) is 37.7 Å². The number of anilines is 2. The van der Waals surface area contributed by atoms with Crippen LogP contribution in [0.15, 0.2) is 66.9 Å². The molecule has 4 rings (SSSR count). The topological polar surface area (TPSA) is 110 Å². The van der Waals surface area contributed by atoms with E-state index in [1.807, 2.05) is 31.2 Å². The fraction of sp³-hybridized carbons (Fsp3) is 0.394. The van der Waals surface area contributed by atoms with Crippen molar-refractivity contribution >= 4 is 29.2 Å². The van der Waals surface area contributed by atoms with E-state index in [1.165, 1.54) is 12.0 Å². The van der Waals surface area contributed by atoms with E-state index in [4.69, 9.17) is 9.47 Å². The Morgan fingerprint density at radius 1 is 0.952 bits per heavy atom. The zero-order valence-electron chi connectivity index (χ0n) is 24.6. The molecule has 0 spiro atoms. The Bertz CT molecular complexity index is 1340. The first-order chi connectivity index (χ1) is 20.4. The normalized spacial score (nSPS) is 14.0. The maximum atomic E-state index is 14.1. The monoisotopic (exact) mass is 572 g/mol. The molecular formula is C33H40N4O5. The van der Waals surface area contributed by atoms with E-state index in [-0.39, 0.29) is 43.0 Å². The third kappa shape index (κ3) is 8.09. The SMILES string of the molecule is COc1ccc(OC)c(N(C(=O)CCCC(=O)Nc2ccccn2)C(C(=O)NC2CCCCC2)c2ccc(C)cc2)c1. The molecule has 1 fully saturated rings. The van der Waals surface area contributed by atoms with Gasteiger partial charge in [-0.1, -0.05) is 55.2 Å². The number of carbonyl (C=O) groups is 3. The lowest BCUT2D eigenvalue weighted by Gasteiger charge is -2.34. The summed E-state index contributed by atoms with van der Waals surface area (Å²) in [5, 5.41) is 5.98. The first-order valence-electron chi connectivity index (χ1n) is 14.5. The van der Waals surface area contributed by atoms with Gasteiger partial charge in [-0.2, -0.15) is 0 Å². The molecule has 1 heterocycles. The van der Waals surface area contributed by atoms with Crippen LogP contribution >= 0.6 is 0 Å². The van der Waals surface area contributed by atoms with Crippen molar-refractivity contribution in [3.05, 3.63) is 78.0 Å². The highest BCUT2D eigenvalue weighted by atomic mass is 16.5. The minimum atomic E-state index is -0.955. The van der Waals surface area contributed by atoms with Gasteiger partial charge in [0.1, 0.15) is 23.4 Å². The van der Waals surface area contributed by atoms with Crippen molar-refractivity contribution in [2.75, 3.05) is 24.4 Å². The van der Waals surface area contributed by atoms with Gasteiger partial charge in [0.25, 0.3) is 0 Å². The van der Waals surface area contributed by atoms with Gasteiger partial charge in [-0.05, 0) is 56.0 Å². The summed E-state index contributed by atoms with van der Waals surface area (Å²) in [6.45, 7) is 1.98. The minimum absolute atomic E-state index is 0.0368. The van der Waals surface area contributed by atoms with Crippen LogP contribution in [0.2, 0.25) is 0 Å². The van der Waals surface area contributed by atoms with E-state index < -0.39 is 6.04 Å². The molecule has 9 nitrogen and oxygen atoms in total. The molecule has 0 saturated heterocycles. The van der Waals surface area contributed by atoms with Crippen molar-refractivity contribution in [2.24, 2.45) is 0 Å². The fourth-order valence-electron chi connectivity index (χ4n) is 5.26. The van der Waals surface area contributed by atoms with Crippen LogP contribution in [0, 0.1) is 6.92 Å². The summed E-state index contributed by atoms with van der Waals surface area (Å²) in [6.07, 6.45) is 7.15. The van der Waals surface area contributed by atoms with Gasteiger partial charge in [0, 0.05) is 31.1 Å². The molecule has 1 aromatic heterocycles. The summed E-state index contributed by atoms with van der Waals surface area (Å²) >= 11 is 0. The maximum absolute atomic E-state index is 14.1. The van der Waals surface area contributed by atoms with Gasteiger partial charge in [0.15, 0.2) is 0 Å². The Hall–Kier alpha value is -4.40. The van der Waals surface area contributed by atoms with Crippen LogP contribution in [0.25, 0.3) is 0 Å². The lowest BCUT2D eigenvalue weighted by Crippen LogP contribution is -2.47. The summed E-state index contributed by atoms with van der Waals surface area (Å²) < 4.78 is 11.2. The summed E-state index contributed by atoms with van der Waals surface area (Å²) in [5.74, 6) is 0.606. The number of methoxy groups -OCH3 is 2. The largest absolute Gasteiger partial charge is 0.497 e. The van der Waals surface area contributed by atoms with Gasteiger partial charge in [-0.3, -0.25) is 19.3 Å². The number of amides is 3. The molecule has 2 aromatic carbocycles. The van der Waals surface area contributed by atoms with Gasteiger partial charge in [0.2, 0.25) is 17.7 Å². The Labute approximate surface area is 247 Å². The number of ether oxygens (including phenoxy) is 2. The summed E-state index contributed by atoms with van der Waals surface area (Å²) in [7, 11) is 3.07. The zero-order valence-corrected chi connectivity index (χ0v) is 24.6. The number of rotatable bonds is 12. The highest BCUT2D eigenvalue weighted by Gasteiger charge is 2.35. The first kappa shape index (κ1) is 30.6. The number of nitrogens with one attached hydrogen (secondary N) is 2. The number of carbonyl (C=O) groups excluding carboxylic acids is 3. The standard InChI is InChI=1S/C33H40N4O5/c1-23-15-17-24(18-16-23)32(33(40)35-25-10-5-4-6-11-25)37(27-22-26(41-2)19-20-28(27)42-3)31(39)14-9-13-30(38)36-29-12-7-8-21-34-29/h7-8,12,15-22,25,32H,4-6,9-11,13-14H2,1-3H3,(H,35,40)(H,34,36,38). The van der Waals surface area contributed by atoms with Gasteiger partial charge >= 0.3 is 0 Å². The van der Waals surface area contributed by atoms with E-state index >= 15 is 0 Å². The van der Waals surface area contributed by atoms with Crippen LogP contribution in [-0.4, -0.2) is 43.0 Å². The van der Waals surface area contributed by atoms with Crippen molar-refractivity contribution in [3.63, 3.8) is 0 Å². The van der Waals surface area contributed by atoms with Gasteiger partial charge in [-0.25, -0.2) is 4.98 Å². The summed E-state index contributed by atoms with van der Waals surface area (Å²) in [4.78, 5) is 46.4. The molecule has 9 heteroatoms. The van der Waals surface area contributed by atoms with Gasteiger partial charge < -0.3 is 20.1 Å². The fourth-order valence-corrected chi connectivity index (χ4v) is 5.26. The van der Waals surface area contributed by atoms with Crippen LogP contribution in [-0.2, 0) is 14.4 Å². The average Bonchev–Trinajstić information content (AvgIpc) is 3.01. The molecule has 0 bridgehead atoms. The van der Waals surface area contributed by atoms with Crippen LogP contribution in [0.1, 0.15) is 68.5 Å². The number of hydrogen-bond acceptors (Lipinski definition) is 6. The van der Waals surface area contributed by atoms with E-state index in [0.29, 0.717) is 28.6 Å².